The molecule has 9 nitrogen and oxygen atoms in total. The number of aliphatic hydroxyl groups is 2. The molecule has 0 spiro atoms. The van der Waals surface area contributed by atoms with Gasteiger partial charge in [-0.1, -0.05) is 58.2 Å². The van der Waals surface area contributed by atoms with Crippen LogP contribution < -0.4 is 0 Å². The fourth-order valence-electron chi connectivity index (χ4n) is 3.20. The first-order chi connectivity index (χ1) is 20.0. The average Bonchev–Trinajstić information content (AvgIpc) is 2.99. The van der Waals surface area contributed by atoms with Crippen molar-refractivity contribution in [2.24, 2.45) is 0 Å². The molecule has 0 unspecified atom stereocenters. The molecule has 0 atom stereocenters. The van der Waals surface area contributed by atoms with Crippen LogP contribution in [0.15, 0.2) is 72.8 Å². The molecular formula is C33H48O9. The Morgan fingerprint density at radius 2 is 1.24 bits per heavy atom. The second-order valence-corrected chi connectivity index (χ2v) is 9.45. The molecule has 0 aromatic heterocycles. The standard InChI is InChI=1S/C10H12O3.2C6H6O2.C6H12O.C5H12O/c1-2-7-13-10(12)8-3-5-9(11)6-4-8;7-5-2-1-3-6(8)4-5;7-5-3-1-2-4-6(5)8;7-6-4-2-1-3-5-6;1-3-5(6)4-2/h3-6,11H,2,7H2,1H3;2*1-4,7-8H;6-7H,1-5H2;5-6H,3-4H2,1-2H3. The summed E-state index contributed by atoms with van der Waals surface area (Å²) in [7, 11) is 0. The first kappa shape index (κ1) is 38.0. The molecule has 42 heavy (non-hydrogen) atoms. The summed E-state index contributed by atoms with van der Waals surface area (Å²) in [5.41, 5.74) is 0.464. The second-order valence-electron chi connectivity index (χ2n) is 9.45. The predicted molar refractivity (Wildman–Crippen MR) is 164 cm³/mol. The first-order valence-corrected chi connectivity index (χ1v) is 14.3. The number of esters is 1. The summed E-state index contributed by atoms with van der Waals surface area (Å²) in [6, 6.07) is 18.0. The number of carbonyl (C=O) groups is 1. The topological polar surface area (TPSA) is 168 Å². The summed E-state index contributed by atoms with van der Waals surface area (Å²) in [6.07, 6.45) is 8.44. The molecule has 1 fully saturated rings. The van der Waals surface area contributed by atoms with Crippen LogP contribution in [0, 0.1) is 0 Å². The lowest BCUT2D eigenvalue weighted by Gasteiger charge is -2.14. The monoisotopic (exact) mass is 588 g/mol. The van der Waals surface area contributed by atoms with Crippen LogP contribution in [0.4, 0.5) is 0 Å². The number of phenols is 5. The molecule has 1 saturated carbocycles. The number of hydrogen-bond acceptors (Lipinski definition) is 9. The molecule has 0 bridgehead atoms. The van der Waals surface area contributed by atoms with Gasteiger partial charge in [0.25, 0.3) is 0 Å². The highest BCUT2D eigenvalue weighted by Gasteiger charge is 2.07. The van der Waals surface area contributed by atoms with Crippen molar-refractivity contribution in [2.45, 2.75) is 84.3 Å². The average molecular weight is 589 g/mol. The van der Waals surface area contributed by atoms with Crippen molar-refractivity contribution >= 4 is 5.97 Å². The summed E-state index contributed by atoms with van der Waals surface area (Å²) in [5, 5.41) is 61.2. The molecule has 9 heteroatoms. The van der Waals surface area contributed by atoms with Gasteiger partial charge in [-0.05, 0) is 80.6 Å². The fourth-order valence-corrected chi connectivity index (χ4v) is 3.20. The van der Waals surface area contributed by atoms with Crippen LogP contribution >= 0.6 is 0 Å². The largest absolute Gasteiger partial charge is 0.508 e. The van der Waals surface area contributed by atoms with Crippen LogP contribution in [-0.4, -0.2) is 60.5 Å². The summed E-state index contributed by atoms with van der Waals surface area (Å²) >= 11 is 0. The maximum absolute atomic E-state index is 11.2. The van der Waals surface area contributed by atoms with Gasteiger partial charge in [-0.3, -0.25) is 0 Å². The Bertz CT molecular complexity index is 1040. The highest BCUT2D eigenvalue weighted by Crippen LogP contribution is 2.21. The minimum Gasteiger partial charge on any atom is -0.508 e. The number of carbonyl (C=O) groups excluding carboxylic acids is 1. The lowest BCUT2D eigenvalue weighted by molar-refractivity contribution is 0.0505. The van der Waals surface area contributed by atoms with Gasteiger partial charge in [0.2, 0.25) is 0 Å². The molecular weight excluding hydrogens is 540 g/mol. The van der Waals surface area contributed by atoms with Gasteiger partial charge in [0.15, 0.2) is 11.5 Å². The van der Waals surface area contributed by atoms with E-state index in [0.717, 1.165) is 32.1 Å². The van der Waals surface area contributed by atoms with E-state index in [1.54, 1.807) is 18.2 Å². The minimum atomic E-state index is -0.346. The number of phenolic OH excluding ortho intramolecular Hbond substituents is 5. The van der Waals surface area contributed by atoms with Gasteiger partial charge in [0.1, 0.15) is 17.2 Å². The Kier molecular flexibility index (Phi) is 21.5. The minimum absolute atomic E-state index is 0.0359. The van der Waals surface area contributed by atoms with E-state index in [0.29, 0.717) is 12.2 Å². The smallest absolute Gasteiger partial charge is 0.338 e. The predicted octanol–water partition coefficient (Wildman–Crippen LogP) is 6.63. The molecule has 0 saturated heterocycles. The second kappa shape index (κ2) is 23.7. The first-order valence-electron chi connectivity index (χ1n) is 14.3. The van der Waals surface area contributed by atoms with E-state index in [4.69, 9.17) is 40.5 Å². The number of aliphatic hydroxyl groups excluding tert-OH is 2. The molecule has 1 aliphatic rings. The van der Waals surface area contributed by atoms with Gasteiger partial charge in [-0.25, -0.2) is 4.79 Å². The van der Waals surface area contributed by atoms with Crippen molar-refractivity contribution < 1.29 is 45.3 Å². The summed E-state index contributed by atoms with van der Waals surface area (Å²) < 4.78 is 4.90. The lowest BCUT2D eigenvalue weighted by Crippen LogP contribution is -2.09. The highest BCUT2D eigenvalue weighted by molar-refractivity contribution is 5.89. The van der Waals surface area contributed by atoms with E-state index in [1.807, 2.05) is 20.8 Å². The summed E-state index contributed by atoms with van der Waals surface area (Å²) in [4.78, 5) is 11.2. The Hall–Kier alpha value is -3.95. The number of para-hydroxylation sites is 2. The highest BCUT2D eigenvalue weighted by atomic mass is 16.5. The van der Waals surface area contributed by atoms with E-state index in [-0.39, 0.29) is 46.9 Å². The van der Waals surface area contributed by atoms with Crippen LogP contribution in [0.3, 0.4) is 0 Å². The van der Waals surface area contributed by atoms with Crippen molar-refractivity contribution in [3.8, 4) is 28.7 Å². The third-order valence-electron chi connectivity index (χ3n) is 5.77. The Morgan fingerprint density at radius 3 is 1.55 bits per heavy atom. The Labute approximate surface area is 249 Å². The van der Waals surface area contributed by atoms with E-state index in [2.05, 4.69) is 0 Å². The number of benzene rings is 3. The molecule has 0 heterocycles. The Morgan fingerprint density at radius 1 is 0.738 bits per heavy atom. The van der Waals surface area contributed by atoms with E-state index in [1.165, 1.54) is 73.9 Å². The van der Waals surface area contributed by atoms with Crippen molar-refractivity contribution in [1.82, 2.24) is 0 Å². The Balaban J connectivity index is 0.000000516. The van der Waals surface area contributed by atoms with E-state index in [9.17, 15) is 4.79 Å². The number of hydrogen-bond donors (Lipinski definition) is 7. The van der Waals surface area contributed by atoms with Crippen LogP contribution in [0.25, 0.3) is 0 Å². The molecule has 0 amide bonds. The SMILES string of the molecule is CCC(O)CC.CCCOC(=O)c1ccc(O)cc1.OC1CCCCC1.Oc1cccc(O)c1.Oc1ccccc1O. The molecule has 1 aliphatic carbocycles. The molecule has 3 aromatic carbocycles. The van der Waals surface area contributed by atoms with Crippen molar-refractivity contribution in [3.05, 3.63) is 78.4 Å². The maximum atomic E-state index is 11.2. The fraction of sp³-hybridized carbons (Fsp3) is 0.424. The maximum Gasteiger partial charge on any atom is 0.338 e. The van der Waals surface area contributed by atoms with Crippen LogP contribution in [0.1, 0.15) is 82.5 Å². The zero-order valence-electron chi connectivity index (χ0n) is 24.9. The van der Waals surface area contributed by atoms with Gasteiger partial charge in [0, 0.05) is 6.07 Å². The molecule has 0 aliphatic heterocycles. The zero-order valence-corrected chi connectivity index (χ0v) is 24.9. The van der Waals surface area contributed by atoms with Crippen LogP contribution in [-0.2, 0) is 4.74 Å². The van der Waals surface area contributed by atoms with Gasteiger partial charge < -0.3 is 40.5 Å². The molecule has 7 N–H and O–H groups in total. The summed E-state index contributed by atoms with van der Waals surface area (Å²) in [6.45, 7) is 6.33. The molecule has 4 rings (SSSR count). The van der Waals surface area contributed by atoms with E-state index >= 15 is 0 Å². The van der Waals surface area contributed by atoms with Gasteiger partial charge in [0.05, 0.1) is 24.4 Å². The normalized spacial score (nSPS) is 12.0. The van der Waals surface area contributed by atoms with Gasteiger partial charge in [-0.2, -0.15) is 0 Å². The van der Waals surface area contributed by atoms with Crippen LogP contribution in [0.2, 0.25) is 0 Å². The zero-order chi connectivity index (χ0) is 31.8. The van der Waals surface area contributed by atoms with Crippen molar-refractivity contribution in [2.75, 3.05) is 6.61 Å². The number of ether oxygens (including phenoxy) is 1. The van der Waals surface area contributed by atoms with Crippen molar-refractivity contribution in [1.29, 1.82) is 0 Å². The molecule has 3 aromatic rings. The third kappa shape index (κ3) is 20.0. The van der Waals surface area contributed by atoms with Crippen LogP contribution in [0.5, 0.6) is 28.7 Å². The van der Waals surface area contributed by atoms with Gasteiger partial charge in [-0.15, -0.1) is 0 Å². The van der Waals surface area contributed by atoms with Crippen molar-refractivity contribution in [3.63, 3.8) is 0 Å². The molecule has 234 valence electrons. The third-order valence-corrected chi connectivity index (χ3v) is 5.77. The number of aromatic hydroxyl groups is 5. The van der Waals surface area contributed by atoms with Gasteiger partial charge >= 0.3 is 5.97 Å². The number of rotatable bonds is 5. The summed E-state index contributed by atoms with van der Waals surface area (Å²) in [5.74, 6) is -0.177. The lowest BCUT2D eigenvalue weighted by atomic mass is 9.98. The quantitative estimate of drug-likeness (QED) is 0.128. The van der Waals surface area contributed by atoms with E-state index < -0.39 is 0 Å². The molecule has 0 radical (unpaired) electrons.